The minimum atomic E-state index is -0.575. The van der Waals surface area contributed by atoms with Crippen LogP contribution in [-0.4, -0.2) is 11.4 Å². The van der Waals surface area contributed by atoms with Crippen LogP contribution in [0.1, 0.15) is 59.8 Å². The fourth-order valence-corrected chi connectivity index (χ4v) is 2.15. The van der Waals surface area contributed by atoms with Gasteiger partial charge in [0.25, 0.3) is 0 Å². The molecule has 1 unspecified atom stereocenters. The molecule has 1 atom stereocenters. The molecule has 0 aromatic rings. The summed E-state index contributed by atoms with van der Waals surface area (Å²) in [5.74, 6) is 0.343. The summed E-state index contributed by atoms with van der Waals surface area (Å²) in [6, 6.07) is 2.29. The lowest BCUT2D eigenvalue weighted by Gasteiger charge is -2.28. The topological polar surface area (TPSA) is 52.9 Å². The van der Waals surface area contributed by atoms with Crippen molar-refractivity contribution in [3.05, 3.63) is 0 Å². The zero-order valence-electron chi connectivity index (χ0n) is 11.5. The third-order valence-corrected chi connectivity index (χ3v) is 4.02. The van der Waals surface area contributed by atoms with Gasteiger partial charge in [-0.3, -0.25) is 4.79 Å². The van der Waals surface area contributed by atoms with Gasteiger partial charge in [0, 0.05) is 6.42 Å². The molecule has 0 aromatic heterocycles. The first-order chi connectivity index (χ1) is 7.79. The van der Waals surface area contributed by atoms with Crippen molar-refractivity contribution in [3.63, 3.8) is 0 Å². The van der Waals surface area contributed by atoms with E-state index in [-0.39, 0.29) is 11.3 Å². The van der Waals surface area contributed by atoms with Crippen molar-refractivity contribution in [1.29, 1.82) is 5.26 Å². The molecule has 3 heteroatoms. The number of nitriles is 1. The van der Waals surface area contributed by atoms with Crippen LogP contribution in [0.5, 0.6) is 0 Å². The Morgan fingerprint density at radius 2 is 1.94 bits per heavy atom. The van der Waals surface area contributed by atoms with E-state index in [0.717, 1.165) is 25.7 Å². The second kappa shape index (κ2) is 5.08. The van der Waals surface area contributed by atoms with E-state index in [9.17, 15) is 10.1 Å². The first-order valence-corrected chi connectivity index (χ1v) is 6.51. The molecule has 0 aromatic carbocycles. The largest absolute Gasteiger partial charge is 0.338 e. The number of nitrogens with one attached hydrogen (secondary N) is 1. The maximum absolute atomic E-state index is 12.0. The molecule has 0 heterocycles. The molecule has 3 nitrogen and oxygen atoms in total. The molecule has 1 rings (SSSR count). The lowest BCUT2D eigenvalue weighted by molar-refractivity contribution is -0.124. The second-order valence-corrected chi connectivity index (χ2v) is 6.42. The quantitative estimate of drug-likeness (QED) is 0.819. The molecule has 17 heavy (non-hydrogen) atoms. The zero-order valence-corrected chi connectivity index (χ0v) is 11.5. The van der Waals surface area contributed by atoms with Crippen molar-refractivity contribution in [2.45, 2.75) is 65.3 Å². The van der Waals surface area contributed by atoms with E-state index < -0.39 is 5.54 Å². The van der Waals surface area contributed by atoms with E-state index in [2.05, 4.69) is 39.1 Å². The van der Waals surface area contributed by atoms with Gasteiger partial charge in [-0.15, -0.1) is 0 Å². The van der Waals surface area contributed by atoms with E-state index >= 15 is 0 Å². The van der Waals surface area contributed by atoms with Crippen LogP contribution in [0.4, 0.5) is 0 Å². The van der Waals surface area contributed by atoms with Gasteiger partial charge in [-0.2, -0.15) is 5.26 Å². The van der Waals surface area contributed by atoms with E-state index in [1.807, 2.05) is 0 Å². The monoisotopic (exact) mass is 236 g/mol. The van der Waals surface area contributed by atoms with Gasteiger partial charge in [0.1, 0.15) is 5.54 Å². The molecule has 1 aliphatic carbocycles. The van der Waals surface area contributed by atoms with Crippen LogP contribution in [0, 0.1) is 22.7 Å². The molecule has 1 saturated carbocycles. The minimum absolute atomic E-state index is 0.0240. The van der Waals surface area contributed by atoms with Crippen LogP contribution >= 0.6 is 0 Å². The Labute approximate surface area is 105 Å². The van der Waals surface area contributed by atoms with E-state index in [4.69, 9.17) is 0 Å². The van der Waals surface area contributed by atoms with Crippen LogP contribution in [0.25, 0.3) is 0 Å². The van der Waals surface area contributed by atoms with E-state index in [1.165, 1.54) is 0 Å². The number of rotatable bonds is 3. The second-order valence-electron chi connectivity index (χ2n) is 6.42. The van der Waals surface area contributed by atoms with E-state index in [0.29, 0.717) is 12.3 Å². The summed E-state index contributed by atoms with van der Waals surface area (Å²) in [4.78, 5) is 12.0. The number of amides is 1. The maximum Gasteiger partial charge on any atom is 0.221 e. The molecule has 0 radical (unpaired) electrons. The van der Waals surface area contributed by atoms with Gasteiger partial charge in [-0.05, 0) is 37.0 Å². The summed E-state index contributed by atoms with van der Waals surface area (Å²) in [6.07, 6.45) is 4.20. The number of hydrogen-bond acceptors (Lipinski definition) is 2. The molecule has 0 aliphatic heterocycles. The van der Waals surface area contributed by atoms with Gasteiger partial charge in [0.2, 0.25) is 5.91 Å². The van der Waals surface area contributed by atoms with Gasteiger partial charge >= 0.3 is 0 Å². The van der Waals surface area contributed by atoms with Crippen molar-refractivity contribution in [2.24, 2.45) is 11.3 Å². The Kier molecular flexibility index (Phi) is 4.19. The summed E-state index contributed by atoms with van der Waals surface area (Å²) in [7, 11) is 0. The molecule has 1 N–H and O–H groups in total. The Morgan fingerprint density at radius 1 is 1.41 bits per heavy atom. The first kappa shape index (κ1) is 14.0. The molecular weight excluding hydrogens is 212 g/mol. The number of hydrogen-bond donors (Lipinski definition) is 1. The van der Waals surface area contributed by atoms with Gasteiger partial charge < -0.3 is 5.32 Å². The maximum atomic E-state index is 12.0. The number of carbonyl (C=O) groups is 1. The predicted molar refractivity (Wildman–Crippen MR) is 68.2 cm³/mol. The first-order valence-electron chi connectivity index (χ1n) is 6.51. The minimum Gasteiger partial charge on any atom is -0.338 e. The van der Waals surface area contributed by atoms with Crippen molar-refractivity contribution in [1.82, 2.24) is 5.32 Å². The molecule has 1 aliphatic rings. The molecule has 96 valence electrons. The molecule has 1 fully saturated rings. The highest BCUT2D eigenvalue weighted by molar-refractivity contribution is 5.77. The average Bonchev–Trinajstić information content (AvgIpc) is 2.65. The summed E-state index contributed by atoms with van der Waals surface area (Å²) >= 11 is 0. The molecule has 0 bridgehead atoms. The van der Waals surface area contributed by atoms with E-state index in [1.54, 1.807) is 0 Å². The lowest BCUT2D eigenvalue weighted by Crippen LogP contribution is -2.46. The molecule has 1 amide bonds. The SMILES string of the molecule is CC(CC(=O)NC1(C#N)CCCC1)C(C)(C)C. The summed E-state index contributed by atoms with van der Waals surface area (Å²) < 4.78 is 0. The van der Waals surface area contributed by atoms with Crippen molar-refractivity contribution < 1.29 is 4.79 Å². The van der Waals surface area contributed by atoms with Crippen LogP contribution in [0.2, 0.25) is 0 Å². The Morgan fingerprint density at radius 3 is 2.35 bits per heavy atom. The highest BCUT2D eigenvalue weighted by atomic mass is 16.1. The third kappa shape index (κ3) is 3.73. The van der Waals surface area contributed by atoms with Crippen molar-refractivity contribution in [2.75, 3.05) is 0 Å². The van der Waals surface area contributed by atoms with Gasteiger partial charge in [0.05, 0.1) is 6.07 Å². The lowest BCUT2D eigenvalue weighted by atomic mass is 9.80. The van der Waals surface area contributed by atoms with Crippen LogP contribution < -0.4 is 5.32 Å². The van der Waals surface area contributed by atoms with Gasteiger partial charge in [-0.1, -0.05) is 27.7 Å². The highest BCUT2D eigenvalue weighted by Gasteiger charge is 2.36. The molecule has 0 spiro atoms. The Balaban J connectivity index is 2.53. The fraction of sp³-hybridized carbons (Fsp3) is 0.857. The third-order valence-electron chi connectivity index (χ3n) is 4.02. The molecule has 0 saturated heterocycles. The van der Waals surface area contributed by atoms with Crippen LogP contribution in [0.3, 0.4) is 0 Å². The smallest absolute Gasteiger partial charge is 0.221 e. The Hall–Kier alpha value is -1.04. The standard InChI is InChI=1S/C14H24N2O/c1-11(13(2,3)4)9-12(17)16-14(10-15)7-5-6-8-14/h11H,5-9H2,1-4H3,(H,16,17). The number of nitrogens with zero attached hydrogens (tertiary/aromatic N) is 1. The fourth-order valence-electron chi connectivity index (χ4n) is 2.15. The summed E-state index contributed by atoms with van der Waals surface area (Å²) in [6.45, 7) is 8.51. The van der Waals surface area contributed by atoms with Gasteiger partial charge in [-0.25, -0.2) is 0 Å². The van der Waals surface area contributed by atoms with Crippen LogP contribution in [0.15, 0.2) is 0 Å². The zero-order chi connectivity index (χ0) is 13.1. The normalized spacial score (nSPS) is 20.6. The molecular formula is C14H24N2O. The highest BCUT2D eigenvalue weighted by Crippen LogP contribution is 2.31. The predicted octanol–water partition coefficient (Wildman–Crippen LogP) is 3.01. The Bertz CT molecular complexity index is 316. The summed E-state index contributed by atoms with van der Waals surface area (Å²) in [5.41, 5.74) is -0.443. The average molecular weight is 236 g/mol. The van der Waals surface area contributed by atoms with Crippen molar-refractivity contribution in [3.8, 4) is 6.07 Å². The summed E-state index contributed by atoms with van der Waals surface area (Å²) in [5, 5.41) is 12.1. The van der Waals surface area contributed by atoms with Gasteiger partial charge in [0.15, 0.2) is 0 Å². The van der Waals surface area contributed by atoms with Crippen LogP contribution in [-0.2, 0) is 4.79 Å². The van der Waals surface area contributed by atoms with Crippen molar-refractivity contribution >= 4 is 5.91 Å². The number of carbonyl (C=O) groups excluding carboxylic acids is 1.